The van der Waals surface area contributed by atoms with Crippen LogP contribution in [0.4, 0.5) is 0 Å². The van der Waals surface area contributed by atoms with Crippen molar-refractivity contribution >= 4 is 11.8 Å². The van der Waals surface area contributed by atoms with Gasteiger partial charge in [-0.15, -0.1) is 0 Å². The zero-order chi connectivity index (χ0) is 7.40. The van der Waals surface area contributed by atoms with E-state index in [-0.39, 0.29) is 0 Å². The SMILES string of the molecule is C=C(N)CC1C[N]CCS1. The Bertz CT molecular complexity index is 119. The second-order valence-corrected chi connectivity index (χ2v) is 3.89. The van der Waals surface area contributed by atoms with Gasteiger partial charge in [-0.05, 0) is 6.42 Å². The molecule has 0 amide bonds. The molecule has 1 radical (unpaired) electrons. The second-order valence-electron chi connectivity index (χ2n) is 2.48. The van der Waals surface area contributed by atoms with Crippen LogP contribution in [0.1, 0.15) is 6.42 Å². The molecule has 1 rings (SSSR count). The van der Waals surface area contributed by atoms with Crippen LogP contribution in [0.25, 0.3) is 0 Å². The zero-order valence-electron chi connectivity index (χ0n) is 6.05. The highest BCUT2D eigenvalue weighted by Crippen LogP contribution is 2.18. The third kappa shape index (κ3) is 2.62. The fourth-order valence-corrected chi connectivity index (χ4v) is 2.10. The van der Waals surface area contributed by atoms with Gasteiger partial charge in [-0.3, -0.25) is 0 Å². The molecule has 2 nitrogen and oxygen atoms in total. The first-order valence-electron chi connectivity index (χ1n) is 3.47. The third-order valence-corrected chi connectivity index (χ3v) is 2.63. The van der Waals surface area contributed by atoms with Crippen LogP contribution in [0.2, 0.25) is 0 Å². The van der Waals surface area contributed by atoms with Crippen LogP contribution in [-0.2, 0) is 0 Å². The quantitative estimate of drug-likeness (QED) is 0.636. The fraction of sp³-hybridized carbons (Fsp3) is 0.714. The molecule has 1 saturated heterocycles. The van der Waals surface area contributed by atoms with Gasteiger partial charge in [0.05, 0.1) is 0 Å². The van der Waals surface area contributed by atoms with E-state index < -0.39 is 0 Å². The lowest BCUT2D eigenvalue weighted by molar-refractivity contribution is 0.651. The summed E-state index contributed by atoms with van der Waals surface area (Å²) in [5, 5.41) is 4.90. The molecule has 57 valence electrons. The number of allylic oxidation sites excluding steroid dienone is 1. The smallest absolute Gasteiger partial charge is 0.0256 e. The van der Waals surface area contributed by atoms with E-state index in [1.807, 2.05) is 11.8 Å². The summed E-state index contributed by atoms with van der Waals surface area (Å²) in [6.45, 7) is 5.64. The molecule has 0 bridgehead atoms. The van der Waals surface area contributed by atoms with E-state index >= 15 is 0 Å². The van der Waals surface area contributed by atoms with Crippen LogP contribution >= 0.6 is 11.8 Å². The summed E-state index contributed by atoms with van der Waals surface area (Å²) < 4.78 is 0. The van der Waals surface area contributed by atoms with E-state index in [2.05, 4.69) is 11.9 Å². The molecule has 1 fully saturated rings. The lowest BCUT2D eigenvalue weighted by Crippen LogP contribution is -2.28. The predicted molar refractivity (Wildman–Crippen MR) is 46.1 cm³/mol. The van der Waals surface area contributed by atoms with Crippen LogP contribution in [0, 0.1) is 0 Å². The number of nitrogens with zero attached hydrogens (tertiary/aromatic N) is 1. The summed E-state index contributed by atoms with van der Waals surface area (Å²) in [4.78, 5) is 0. The Hall–Kier alpha value is -0.150. The molecule has 0 aromatic rings. The van der Waals surface area contributed by atoms with Crippen LogP contribution < -0.4 is 11.1 Å². The van der Waals surface area contributed by atoms with Gasteiger partial charge in [0, 0.05) is 29.8 Å². The molecule has 1 unspecified atom stereocenters. The van der Waals surface area contributed by atoms with Crippen molar-refractivity contribution in [3.8, 4) is 0 Å². The van der Waals surface area contributed by atoms with Crippen molar-refractivity contribution in [3.63, 3.8) is 0 Å². The lowest BCUT2D eigenvalue weighted by Gasteiger charge is -2.20. The van der Waals surface area contributed by atoms with E-state index in [4.69, 9.17) is 5.73 Å². The molecule has 0 spiro atoms. The summed E-state index contributed by atoms with van der Waals surface area (Å²) in [5.41, 5.74) is 6.26. The van der Waals surface area contributed by atoms with Crippen molar-refractivity contribution in [1.29, 1.82) is 0 Å². The van der Waals surface area contributed by atoms with Crippen LogP contribution in [0.15, 0.2) is 12.3 Å². The first kappa shape index (κ1) is 7.95. The Kier molecular flexibility index (Phi) is 3.09. The topological polar surface area (TPSA) is 40.1 Å². The molecular weight excluding hydrogens is 144 g/mol. The molecule has 1 aliphatic heterocycles. The van der Waals surface area contributed by atoms with Gasteiger partial charge in [-0.1, -0.05) is 6.58 Å². The average molecular weight is 157 g/mol. The van der Waals surface area contributed by atoms with E-state index in [1.165, 1.54) is 0 Å². The zero-order valence-corrected chi connectivity index (χ0v) is 6.86. The van der Waals surface area contributed by atoms with Crippen molar-refractivity contribution in [2.45, 2.75) is 11.7 Å². The maximum absolute atomic E-state index is 5.47. The lowest BCUT2D eigenvalue weighted by atomic mass is 10.2. The molecule has 2 N–H and O–H groups in total. The fourth-order valence-electron chi connectivity index (χ4n) is 0.988. The van der Waals surface area contributed by atoms with Crippen molar-refractivity contribution < 1.29 is 0 Å². The first-order chi connectivity index (χ1) is 4.79. The van der Waals surface area contributed by atoms with Gasteiger partial charge in [0.1, 0.15) is 0 Å². The Morgan fingerprint density at radius 1 is 1.80 bits per heavy atom. The van der Waals surface area contributed by atoms with Gasteiger partial charge in [0.25, 0.3) is 0 Å². The summed E-state index contributed by atoms with van der Waals surface area (Å²) in [5.74, 6) is 1.15. The minimum Gasteiger partial charge on any atom is -0.402 e. The highest BCUT2D eigenvalue weighted by Gasteiger charge is 2.13. The van der Waals surface area contributed by atoms with E-state index in [1.54, 1.807) is 0 Å². The summed E-state index contributed by atoms with van der Waals surface area (Å²) in [7, 11) is 0. The third-order valence-electron chi connectivity index (χ3n) is 1.43. The predicted octanol–water partition coefficient (Wildman–Crippen LogP) is 0.569. The number of thioether (sulfide) groups is 1. The minimum atomic E-state index is 0.603. The molecule has 10 heavy (non-hydrogen) atoms. The average Bonchev–Trinajstić information content (AvgIpc) is 1.88. The summed E-state index contributed by atoms with van der Waals surface area (Å²) in [6, 6.07) is 0. The standard InChI is InChI=1S/C7H13N2S/c1-6(8)4-7-5-9-2-3-10-7/h7H,1-5,8H2. The van der Waals surface area contributed by atoms with Crippen LogP contribution in [0.3, 0.4) is 0 Å². The van der Waals surface area contributed by atoms with Gasteiger partial charge in [0.15, 0.2) is 0 Å². The molecule has 0 aromatic carbocycles. The first-order valence-corrected chi connectivity index (χ1v) is 4.52. The van der Waals surface area contributed by atoms with Gasteiger partial charge >= 0.3 is 0 Å². The molecular formula is C7H13N2S. The van der Waals surface area contributed by atoms with Gasteiger partial charge < -0.3 is 5.73 Å². The molecule has 0 saturated carbocycles. The van der Waals surface area contributed by atoms with Crippen molar-refractivity contribution in [3.05, 3.63) is 12.3 Å². The molecule has 1 heterocycles. The minimum absolute atomic E-state index is 0.603. The number of hydrogen-bond donors (Lipinski definition) is 1. The number of rotatable bonds is 2. The Morgan fingerprint density at radius 2 is 2.60 bits per heavy atom. The molecule has 1 aliphatic rings. The summed E-state index contributed by atoms with van der Waals surface area (Å²) in [6.07, 6.45) is 0.925. The van der Waals surface area contributed by atoms with Crippen LogP contribution in [0.5, 0.6) is 0 Å². The van der Waals surface area contributed by atoms with Gasteiger partial charge in [-0.2, -0.15) is 11.8 Å². The highest BCUT2D eigenvalue weighted by molar-refractivity contribution is 8.00. The maximum Gasteiger partial charge on any atom is 0.0256 e. The molecule has 0 aromatic heterocycles. The normalized spacial score (nSPS) is 26.2. The largest absolute Gasteiger partial charge is 0.402 e. The van der Waals surface area contributed by atoms with Crippen molar-refractivity contribution in [2.24, 2.45) is 5.73 Å². The molecule has 0 aliphatic carbocycles. The van der Waals surface area contributed by atoms with Gasteiger partial charge in [-0.25, -0.2) is 5.32 Å². The Morgan fingerprint density at radius 3 is 3.10 bits per heavy atom. The van der Waals surface area contributed by atoms with E-state index in [0.29, 0.717) is 5.25 Å². The summed E-state index contributed by atoms with van der Waals surface area (Å²) >= 11 is 1.96. The molecule has 1 atom stereocenters. The van der Waals surface area contributed by atoms with Gasteiger partial charge in [0.2, 0.25) is 0 Å². The highest BCUT2D eigenvalue weighted by atomic mass is 32.2. The van der Waals surface area contributed by atoms with Crippen molar-refractivity contribution in [1.82, 2.24) is 5.32 Å². The maximum atomic E-state index is 5.47. The number of nitrogens with two attached hydrogens (primary N) is 1. The van der Waals surface area contributed by atoms with Crippen molar-refractivity contribution in [2.75, 3.05) is 18.8 Å². The Balaban J connectivity index is 2.19. The molecule has 3 heteroatoms. The van der Waals surface area contributed by atoms with Crippen LogP contribution in [-0.4, -0.2) is 24.1 Å². The van der Waals surface area contributed by atoms with E-state index in [0.717, 1.165) is 31.0 Å². The van der Waals surface area contributed by atoms with E-state index in [9.17, 15) is 0 Å². The Labute approximate surface area is 66.2 Å². The monoisotopic (exact) mass is 157 g/mol. The second kappa shape index (κ2) is 3.88. The number of hydrogen-bond acceptors (Lipinski definition) is 2.